The molecule has 3 rings (SSSR count). The Labute approximate surface area is 172 Å². The van der Waals surface area contributed by atoms with Gasteiger partial charge >= 0.3 is 0 Å². The predicted octanol–water partition coefficient (Wildman–Crippen LogP) is 3.95. The van der Waals surface area contributed by atoms with Gasteiger partial charge in [-0.1, -0.05) is 42.5 Å². The molecule has 3 aromatic carbocycles. The number of hydrogen-bond donors (Lipinski definition) is 1. The molecule has 0 unspecified atom stereocenters. The summed E-state index contributed by atoms with van der Waals surface area (Å²) in [5.74, 6) is 0.446. The maximum atomic E-state index is 12.2. The number of para-hydroxylation sites is 1. The molecule has 8 nitrogen and oxygen atoms in total. The van der Waals surface area contributed by atoms with E-state index in [0.717, 1.165) is 5.56 Å². The molecule has 0 aromatic heterocycles. The molecular formula is C22H19N3O5. The minimum atomic E-state index is -0.565. The summed E-state index contributed by atoms with van der Waals surface area (Å²) in [5.41, 5.74) is 3.92. The molecule has 0 heterocycles. The van der Waals surface area contributed by atoms with E-state index < -0.39 is 10.8 Å². The van der Waals surface area contributed by atoms with Crippen LogP contribution in [-0.2, 0) is 6.61 Å². The van der Waals surface area contributed by atoms with E-state index >= 15 is 0 Å². The molecule has 0 aliphatic carbocycles. The highest BCUT2D eigenvalue weighted by Crippen LogP contribution is 2.30. The normalized spacial score (nSPS) is 10.6. The van der Waals surface area contributed by atoms with Gasteiger partial charge in [-0.25, -0.2) is 5.43 Å². The average Bonchev–Trinajstić information content (AvgIpc) is 2.78. The monoisotopic (exact) mass is 405 g/mol. The summed E-state index contributed by atoms with van der Waals surface area (Å²) >= 11 is 0. The van der Waals surface area contributed by atoms with Crippen molar-refractivity contribution in [2.45, 2.75) is 6.61 Å². The Morgan fingerprint density at radius 3 is 2.60 bits per heavy atom. The lowest BCUT2D eigenvalue weighted by Crippen LogP contribution is -2.17. The molecule has 0 radical (unpaired) electrons. The number of benzene rings is 3. The Morgan fingerprint density at radius 2 is 1.87 bits per heavy atom. The lowest BCUT2D eigenvalue weighted by molar-refractivity contribution is -0.384. The first-order valence-electron chi connectivity index (χ1n) is 9.00. The first kappa shape index (κ1) is 20.5. The van der Waals surface area contributed by atoms with Crippen LogP contribution in [0.15, 0.2) is 77.9 Å². The standard InChI is InChI=1S/C22H19N3O5/c1-29-20-12-6-10-18(21(20)30-15-16-7-3-2-4-8-16)14-23-24-22(26)17-9-5-11-19(13-17)25(27)28/h2-14H,15H2,1H3,(H,24,26)/b23-14+. The van der Waals surface area contributed by atoms with E-state index in [1.807, 2.05) is 30.3 Å². The second-order valence-electron chi connectivity index (χ2n) is 6.16. The zero-order valence-electron chi connectivity index (χ0n) is 16.1. The molecule has 0 saturated heterocycles. The largest absolute Gasteiger partial charge is 0.493 e. The van der Waals surface area contributed by atoms with Crippen molar-refractivity contribution in [3.8, 4) is 11.5 Å². The Kier molecular flexibility index (Phi) is 6.73. The van der Waals surface area contributed by atoms with Gasteiger partial charge in [-0.3, -0.25) is 14.9 Å². The number of methoxy groups -OCH3 is 1. The molecule has 0 fully saturated rings. The molecule has 0 bridgehead atoms. The second-order valence-corrected chi connectivity index (χ2v) is 6.16. The molecule has 0 aliphatic rings. The van der Waals surface area contributed by atoms with Crippen molar-refractivity contribution in [2.75, 3.05) is 7.11 Å². The highest BCUT2D eigenvalue weighted by molar-refractivity contribution is 5.95. The SMILES string of the molecule is COc1cccc(/C=N/NC(=O)c2cccc([N+](=O)[O-])c2)c1OCc1ccccc1. The molecule has 8 heteroatoms. The Hall–Kier alpha value is -4.20. The number of hydrogen-bond acceptors (Lipinski definition) is 6. The summed E-state index contributed by atoms with van der Waals surface area (Å²) in [7, 11) is 1.54. The lowest BCUT2D eigenvalue weighted by atomic mass is 10.2. The molecule has 1 N–H and O–H groups in total. The highest BCUT2D eigenvalue weighted by atomic mass is 16.6. The average molecular weight is 405 g/mol. The fourth-order valence-corrected chi connectivity index (χ4v) is 2.67. The van der Waals surface area contributed by atoms with E-state index in [-0.39, 0.29) is 11.3 Å². The van der Waals surface area contributed by atoms with Gasteiger partial charge in [0.25, 0.3) is 11.6 Å². The molecule has 0 atom stereocenters. The second kappa shape index (κ2) is 9.83. The number of nitrogens with one attached hydrogen (secondary N) is 1. The van der Waals surface area contributed by atoms with Crippen LogP contribution < -0.4 is 14.9 Å². The van der Waals surface area contributed by atoms with Crippen LogP contribution in [0.5, 0.6) is 11.5 Å². The van der Waals surface area contributed by atoms with Crippen molar-refractivity contribution in [1.29, 1.82) is 0 Å². The summed E-state index contributed by atoms with van der Waals surface area (Å²) in [4.78, 5) is 22.5. The summed E-state index contributed by atoms with van der Waals surface area (Å²) in [6.45, 7) is 0.335. The first-order chi connectivity index (χ1) is 14.6. The third kappa shape index (κ3) is 5.20. The molecular weight excluding hydrogens is 386 g/mol. The van der Waals surface area contributed by atoms with E-state index in [1.165, 1.54) is 37.6 Å². The van der Waals surface area contributed by atoms with Gasteiger partial charge in [0.2, 0.25) is 0 Å². The zero-order valence-corrected chi connectivity index (χ0v) is 16.1. The topological polar surface area (TPSA) is 103 Å². The van der Waals surface area contributed by atoms with Gasteiger partial charge in [0.15, 0.2) is 11.5 Å². The molecule has 30 heavy (non-hydrogen) atoms. The third-order valence-corrected chi connectivity index (χ3v) is 4.14. The van der Waals surface area contributed by atoms with Gasteiger partial charge in [0.1, 0.15) is 6.61 Å². The number of rotatable bonds is 8. The van der Waals surface area contributed by atoms with E-state index in [2.05, 4.69) is 10.5 Å². The van der Waals surface area contributed by atoms with Gasteiger partial charge in [-0.2, -0.15) is 5.10 Å². The van der Waals surface area contributed by atoms with E-state index in [0.29, 0.717) is 23.7 Å². The Balaban J connectivity index is 1.74. The van der Waals surface area contributed by atoms with Gasteiger partial charge in [-0.05, 0) is 23.8 Å². The zero-order chi connectivity index (χ0) is 21.3. The smallest absolute Gasteiger partial charge is 0.271 e. The number of carbonyl (C=O) groups excluding carboxylic acids is 1. The molecule has 0 spiro atoms. The van der Waals surface area contributed by atoms with Crippen molar-refractivity contribution >= 4 is 17.8 Å². The molecule has 1 amide bonds. The van der Waals surface area contributed by atoms with Crippen LogP contribution >= 0.6 is 0 Å². The number of hydrazone groups is 1. The van der Waals surface area contributed by atoms with Crippen LogP contribution in [0.3, 0.4) is 0 Å². The number of carbonyl (C=O) groups is 1. The Morgan fingerprint density at radius 1 is 1.10 bits per heavy atom. The van der Waals surface area contributed by atoms with Crippen LogP contribution in [0.2, 0.25) is 0 Å². The number of nitrogens with zero attached hydrogens (tertiary/aromatic N) is 2. The summed E-state index contributed by atoms with van der Waals surface area (Å²) in [6.07, 6.45) is 1.43. The Bertz CT molecular complexity index is 1070. The summed E-state index contributed by atoms with van der Waals surface area (Å²) in [6, 6.07) is 20.4. The predicted molar refractivity (Wildman–Crippen MR) is 112 cm³/mol. The summed E-state index contributed by atoms with van der Waals surface area (Å²) in [5, 5.41) is 14.8. The molecule has 3 aromatic rings. The molecule has 0 aliphatic heterocycles. The molecule has 0 saturated carbocycles. The number of nitro benzene ring substituents is 1. The quantitative estimate of drug-likeness (QED) is 0.347. The number of nitro groups is 1. The van der Waals surface area contributed by atoms with Crippen LogP contribution in [0.1, 0.15) is 21.5 Å². The third-order valence-electron chi connectivity index (χ3n) is 4.14. The number of amides is 1. The summed E-state index contributed by atoms with van der Waals surface area (Å²) < 4.78 is 11.3. The van der Waals surface area contributed by atoms with Crippen LogP contribution in [-0.4, -0.2) is 24.2 Å². The van der Waals surface area contributed by atoms with Gasteiger partial charge < -0.3 is 9.47 Å². The minimum absolute atomic E-state index is 0.132. The van der Waals surface area contributed by atoms with Crippen molar-refractivity contribution in [2.24, 2.45) is 5.10 Å². The highest BCUT2D eigenvalue weighted by Gasteiger charge is 2.12. The van der Waals surface area contributed by atoms with Crippen molar-refractivity contribution in [1.82, 2.24) is 5.43 Å². The fourth-order valence-electron chi connectivity index (χ4n) is 2.67. The number of ether oxygens (including phenoxy) is 2. The lowest BCUT2D eigenvalue weighted by Gasteiger charge is -2.13. The van der Waals surface area contributed by atoms with Gasteiger partial charge in [0.05, 0.1) is 18.2 Å². The van der Waals surface area contributed by atoms with E-state index in [1.54, 1.807) is 18.2 Å². The fraction of sp³-hybridized carbons (Fsp3) is 0.0909. The van der Waals surface area contributed by atoms with Crippen molar-refractivity contribution < 1.29 is 19.2 Å². The van der Waals surface area contributed by atoms with Gasteiger partial charge in [0, 0.05) is 23.3 Å². The molecule has 152 valence electrons. The van der Waals surface area contributed by atoms with E-state index in [4.69, 9.17) is 9.47 Å². The van der Waals surface area contributed by atoms with Crippen LogP contribution in [0.4, 0.5) is 5.69 Å². The first-order valence-corrected chi connectivity index (χ1v) is 9.00. The minimum Gasteiger partial charge on any atom is -0.493 e. The van der Waals surface area contributed by atoms with Crippen molar-refractivity contribution in [3.63, 3.8) is 0 Å². The van der Waals surface area contributed by atoms with Gasteiger partial charge in [-0.15, -0.1) is 0 Å². The van der Waals surface area contributed by atoms with Crippen LogP contribution in [0, 0.1) is 10.1 Å². The maximum absolute atomic E-state index is 12.2. The van der Waals surface area contributed by atoms with E-state index in [9.17, 15) is 14.9 Å². The maximum Gasteiger partial charge on any atom is 0.271 e. The number of non-ortho nitro benzene ring substituents is 1. The van der Waals surface area contributed by atoms with Crippen molar-refractivity contribution in [3.05, 3.63) is 99.6 Å². The van der Waals surface area contributed by atoms with Crippen LogP contribution in [0.25, 0.3) is 0 Å².